The minimum Gasteiger partial charge on any atom is -0.493 e. The quantitative estimate of drug-likeness (QED) is 0.0416. The van der Waals surface area contributed by atoms with Crippen LogP contribution in [0.5, 0.6) is 40.2 Å². The van der Waals surface area contributed by atoms with Crippen molar-refractivity contribution in [3.63, 3.8) is 0 Å². The summed E-state index contributed by atoms with van der Waals surface area (Å²) in [6, 6.07) is 66.5. The van der Waals surface area contributed by atoms with Crippen LogP contribution in [0.25, 0.3) is 55.0 Å². The maximum absolute atomic E-state index is 11.7. The molecule has 1 aliphatic rings. The van der Waals surface area contributed by atoms with Crippen molar-refractivity contribution in [1.82, 2.24) is 0 Å². The number of para-hydroxylation sites is 2. The summed E-state index contributed by atoms with van der Waals surface area (Å²) >= 11 is 0. The number of carboxylic acids is 3. The molecule has 0 radical (unpaired) electrons. The number of ether oxygens (including phenoxy) is 5. The Balaban J connectivity index is 0.000000143. The van der Waals surface area contributed by atoms with Crippen LogP contribution in [0.1, 0.15) is 115 Å². The summed E-state index contributed by atoms with van der Waals surface area (Å²) in [5.74, 6) is 5.39. The van der Waals surface area contributed by atoms with E-state index in [1.165, 1.54) is 0 Å². The Labute approximate surface area is 586 Å². The van der Waals surface area contributed by atoms with Crippen LogP contribution in [0.3, 0.4) is 0 Å². The molecule has 4 aromatic heterocycles. The van der Waals surface area contributed by atoms with Crippen LogP contribution in [0.15, 0.2) is 230 Å². The van der Waals surface area contributed by atoms with Crippen molar-refractivity contribution >= 4 is 61.8 Å². The molecule has 516 valence electrons. The normalized spacial score (nSPS) is 12.5. The van der Waals surface area contributed by atoms with Gasteiger partial charge >= 0.3 is 17.9 Å². The first-order chi connectivity index (χ1) is 49.3. The topological polar surface area (TPSA) is 211 Å². The van der Waals surface area contributed by atoms with Gasteiger partial charge in [0.05, 0.1) is 44.8 Å². The minimum absolute atomic E-state index is 0.00101. The lowest BCUT2D eigenvalue weighted by Gasteiger charge is -2.22. The summed E-state index contributed by atoms with van der Waals surface area (Å²) in [5.41, 5.74) is 12.3. The number of aliphatic carboxylic acids is 3. The number of benzene rings is 9. The zero-order valence-electron chi connectivity index (χ0n) is 57.0. The molecule has 0 aliphatic heterocycles. The van der Waals surface area contributed by atoms with Crippen LogP contribution in [-0.2, 0) is 72.2 Å². The van der Waals surface area contributed by atoms with Crippen molar-refractivity contribution in [1.29, 1.82) is 0 Å². The zero-order chi connectivity index (χ0) is 70.0. The van der Waals surface area contributed by atoms with E-state index in [1.54, 1.807) is 12.1 Å². The average Bonchev–Trinajstić information content (AvgIpc) is 1.65. The Hall–Kier alpha value is -11.5. The predicted octanol–water partition coefficient (Wildman–Crippen LogP) is 20.8. The molecule has 0 saturated carbocycles. The van der Waals surface area contributed by atoms with Crippen LogP contribution in [0, 0.1) is 0 Å². The SMILES string of the molecule is CCCc1c(OCCc2cc3cc(CC(=O)O)ccc3o2)ccc2c(-c3ccccc3)coc12.CCCc1cc(Oc2ccccc2)ccc1OCCc1cc2c3c(ccc2o1)C(C(=O)O)CCC3.CCCc1cc(Oc2ccccc2)ccc1OCCc1cc2cc(CC(=O)O)ccc2o1. The summed E-state index contributed by atoms with van der Waals surface area (Å²) in [6.45, 7) is 7.89. The molecule has 0 saturated heterocycles. The van der Waals surface area contributed by atoms with Gasteiger partial charge in [-0.25, -0.2) is 0 Å². The molecule has 0 bridgehead atoms. The lowest BCUT2D eigenvalue weighted by atomic mass is 9.81. The Morgan fingerprint density at radius 1 is 0.455 bits per heavy atom. The molecular formula is C86H82O15. The standard InChI is InChI=1S/C30H30O5.C29H26O5.C27H26O5/c1-2-7-20-18-22(34-21-8-4-3-5-9-21)12-14-28(20)33-17-16-23-19-27-24-10-6-11-26(30(31)32)25(24)13-15-29(27)35-23;1-2-6-24-27(12-10-23-25(18-33-29(23)24)20-7-4-3-5-8-20)32-14-13-22-17-21-15-19(16-28(30)31)9-11-26(21)34-22;1-2-6-20-17-23(31-22-7-4-3-5-8-22)10-12-25(20)30-14-13-24-18-21-15-19(16-27(28)29)9-11-26(21)32-24/h3-5,8-9,12-15,18-19,26H,2,6-7,10-11,16-17H2,1H3,(H,31,32);3-5,7-12,15,17-18H,2,6,13-14,16H2,1H3,(H,30,31);3-5,7-12,15,17-18H,2,6,13-14,16H2,1H3,(H,28,29). The first-order valence-electron chi connectivity index (χ1n) is 34.8. The summed E-state index contributed by atoms with van der Waals surface area (Å²) in [4.78, 5) is 33.6. The second-order valence-corrected chi connectivity index (χ2v) is 25.2. The fourth-order valence-corrected chi connectivity index (χ4v) is 13.1. The van der Waals surface area contributed by atoms with Crippen LogP contribution < -0.4 is 23.7 Å². The number of aryl methyl sites for hydroxylation is 4. The van der Waals surface area contributed by atoms with E-state index in [9.17, 15) is 19.5 Å². The van der Waals surface area contributed by atoms with Crippen molar-refractivity contribution in [3.05, 3.63) is 269 Å². The molecule has 4 heterocycles. The fraction of sp³-hybridized carbons (Fsp3) is 0.244. The first kappa shape index (κ1) is 69.5. The number of carboxylic acid groups (broad SMARTS) is 3. The van der Waals surface area contributed by atoms with E-state index < -0.39 is 23.8 Å². The van der Waals surface area contributed by atoms with Gasteiger partial charge in [0.2, 0.25) is 0 Å². The van der Waals surface area contributed by atoms with Crippen LogP contribution in [0.4, 0.5) is 0 Å². The van der Waals surface area contributed by atoms with Crippen molar-refractivity contribution in [2.24, 2.45) is 0 Å². The van der Waals surface area contributed by atoms with Crippen molar-refractivity contribution in [3.8, 4) is 51.4 Å². The van der Waals surface area contributed by atoms with Gasteiger partial charge in [-0.15, -0.1) is 0 Å². The molecule has 1 unspecified atom stereocenters. The number of carbonyl (C=O) groups is 3. The molecule has 101 heavy (non-hydrogen) atoms. The van der Waals surface area contributed by atoms with E-state index in [0.717, 1.165) is 203 Å². The van der Waals surface area contributed by atoms with Crippen LogP contribution in [-0.4, -0.2) is 53.0 Å². The number of fused-ring (bicyclic) bond motifs is 6. The first-order valence-corrected chi connectivity index (χ1v) is 34.8. The molecule has 0 amide bonds. The van der Waals surface area contributed by atoms with Gasteiger partial charge in [0.25, 0.3) is 0 Å². The Kier molecular flexibility index (Phi) is 23.0. The van der Waals surface area contributed by atoms with Gasteiger partial charge in [-0.1, -0.05) is 125 Å². The van der Waals surface area contributed by atoms with Gasteiger partial charge in [-0.3, -0.25) is 14.4 Å². The molecule has 3 N–H and O–H groups in total. The number of furan rings is 4. The predicted molar refractivity (Wildman–Crippen MR) is 392 cm³/mol. The molecule has 1 aliphatic carbocycles. The Bertz CT molecular complexity index is 4940. The van der Waals surface area contributed by atoms with E-state index in [4.69, 9.17) is 51.6 Å². The van der Waals surface area contributed by atoms with Crippen LogP contribution >= 0.6 is 0 Å². The lowest BCUT2D eigenvalue weighted by Crippen LogP contribution is -2.17. The van der Waals surface area contributed by atoms with Crippen molar-refractivity contribution < 1.29 is 71.1 Å². The van der Waals surface area contributed by atoms with Gasteiger partial charge in [0.15, 0.2) is 0 Å². The highest BCUT2D eigenvalue weighted by molar-refractivity contribution is 5.96. The molecule has 14 rings (SSSR count). The van der Waals surface area contributed by atoms with E-state index in [1.807, 2.05) is 170 Å². The van der Waals surface area contributed by atoms with Gasteiger partial charge < -0.3 is 56.7 Å². The molecule has 9 aromatic carbocycles. The Morgan fingerprint density at radius 2 is 0.941 bits per heavy atom. The highest BCUT2D eigenvalue weighted by Gasteiger charge is 2.28. The Morgan fingerprint density at radius 3 is 1.46 bits per heavy atom. The molecule has 0 spiro atoms. The highest BCUT2D eigenvalue weighted by Crippen LogP contribution is 2.40. The molecule has 1 atom stereocenters. The smallest absolute Gasteiger partial charge is 0.310 e. The van der Waals surface area contributed by atoms with E-state index >= 15 is 0 Å². The third-order valence-electron chi connectivity index (χ3n) is 17.7. The minimum atomic E-state index is -0.844. The molecule has 0 fully saturated rings. The van der Waals surface area contributed by atoms with E-state index in [0.29, 0.717) is 45.5 Å². The molecule has 15 nitrogen and oxygen atoms in total. The lowest BCUT2D eigenvalue weighted by molar-refractivity contribution is -0.139. The summed E-state index contributed by atoms with van der Waals surface area (Å²) in [7, 11) is 0. The van der Waals surface area contributed by atoms with E-state index in [2.05, 4.69) is 51.1 Å². The number of hydrogen-bond acceptors (Lipinski definition) is 12. The number of rotatable bonds is 28. The molecule has 13 aromatic rings. The molecule has 15 heteroatoms. The fourth-order valence-electron chi connectivity index (χ4n) is 13.1. The van der Waals surface area contributed by atoms with Crippen LogP contribution in [0.2, 0.25) is 0 Å². The summed E-state index contributed by atoms with van der Waals surface area (Å²) < 4.78 is 54.3. The van der Waals surface area contributed by atoms with Gasteiger partial charge in [-0.05, 0) is 199 Å². The monoisotopic (exact) mass is 1350 g/mol. The zero-order valence-corrected chi connectivity index (χ0v) is 57.0. The highest BCUT2D eigenvalue weighted by atomic mass is 16.5. The second-order valence-electron chi connectivity index (χ2n) is 25.2. The molecular weight excluding hydrogens is 1270 g/mol. The number of hydrogen-bond donors (Lipinski definition) is 3. The van der Waals surface area contributed by atoms with Crippen molar-refractivity contribution in [2.75, 3.05) is 19.8 Å². The van der Waals surface area contributed by atoms with Gasteiger partial charge in [0, 0.05) is 51.9 Å². The van der Waals surface area contributed by atoms with E-state index in [-0.39, 0.29) is 12.8 Å². The third-order valence-corrected chi connectivity index (χ3v) is 17.7. The maximum Gasteiger partial charge on any atom is 0.310 e. The second kappa shape index (κ2) is 33.4. The van der Waals surface area contributed by atoms with Gasteiger partial charge in [0.1, 0.15) is 79.9 Å². The maximum atomic E-state index is 11.7. The van der Waals surface area contributed by atoms with Gasteiger partial charge in [-0.2, -0.15) is 0 Å². The largest absolute Gasteiger partial charge is 0.493 e. The summed E-state index contributed by atoms with van der Waals surface area (Å²) in [6.07, 6.45) is 11.9. The van der Waals surface area contributed by atoms with Crippen molar-refractivity contribution in [2.45, 2.75) is 117 Å². The average molecular weight is 1360 g/mol. The summed E-state index contributed by atoms with van der Waals surface area (Å²) in [5, 5.41) is 31.5. The third kappa shape index (κ3) is 17.9.